The van der Waals surface area contributed by atoms with Crippen LogP contribution in [0.5, 0.6) is 0 Å². The fourth-order valence-corrected chi connectivity index (χ4v) is 2.23. The van der Waals surface area contributed by atoms with Crippen LogP contribution in [0.4, 0.5) is 0 Å². The van der Waals surface area contributed by atoms with Crippen LogP contribution < -0.4 is 5.32 Å². The monoisotopic (exact) mass is 204 g/mol. The van der Waals surface area contributed by atoms with Gasteiger partial charge in [0.05, 0.1) is 0 Å². The van der Waals surface area contributed by atoms with Crippen molar-refractivity contribution in [3.05, 3.63) is 35.9 Å². The first-order chi connectivity index (χ1) is 7.40. The van der Waals surface area contributed by atoms with Crippen molar-refractivity contribution in [1.29, 1.82) is 0 Å². The second kappa shape index (κ2) is 5.29. The van der Waals surface area contributed by atoms with Gasteiger partial charge in [0, 0.05) is 32.2 Å². The summed E-state index contributed by atoms with van der Waals surface area (Å²) in [6.45, 7) is 6.82. The van der Waals surface area contributed by atoms with Crippen LogP contribution in [0, 0.1) is 0 Å². The molecule has 0 radical (unpaired) electrons. The number of hydrogen-bond donors (Lipinski definition) is 1. The van der Waals surface area contributed by atoms with E-state index in [1.54, 1.807) is 0 Å². The van der Waals surface area contributed by atoms with Crippen molar-refractivity contribution in [2.24, 2.45) is 0 Å². The minimum absolute atomic E-state index is 0.707. The predicted octanol–water partition coefficient (Wildman–Crippen LogP) is 1.87. The first-order valence-corrected chi connectivity index (χ1v) is 5.89. The molecule has 1 heterocycles. The zero-order valence-electron chi connectivity index (χ0n) is 9.45. The molecule has 0 amide bonds. The summed E-state index contributed by atoms with van der Waals surface area (Å²) in [5.41, 5.74) is 1.43. The summed E-state index contributed by atoms with van der Waals surface area (Å²) in [4.78, 5) is 2.59. The van der Waals surface area contributed by atoms with Crippen LogP contribution in [0.15, 0.2) is 30.3 Å². The molecule has 1 aliphatic rings. The molecule has 82 valence electrons. The first-order valence-electron chi connectivity index (χ1n) is 5.89. The lowest BCUT2D eigenvalue weighted by Crippen LogP contribution is -2.50. The normalized spacial score (nSPS) is 22.9. The first kappa shape index (κ1) is 10.7. The van der Waals surface area contributed by atoms with E-state index in [1.165, 1.54) is 18.5 Å². The van der Waals surface area contributed by atoms with E-state index in [9.17, 15) is 0 Å². The van der Waals surface area contributed by atoms with Crippen molar-refractivity contribution in [2.45, 2.75) is 25.9 Å². The van der Waals surface area contributed by atoms with Gasteiger partial charge in [-0.05, 0) is 12.0 Å². The van der Waals surface area contributed by atoms with Crippen LogP contribution in [0.25, 0.3) is 0 Å². The van der Waals surface area contributed by atoms with E-state index >= 15 is 0 Å². The molecule has 0 aliphatic carbocycles. The molecule has 1 N–H and O–H groups in total. The smallest absolute Gasteiger partial charge is 0.0237 e. The van der Waals surface area contributed by atoms with Crippen LogP contribution in [-0.4, -0.2) is 30.6 Å². The van der Waals surface area contributed by atoms with E-state index in [2.05, 4.69) is 47.5 Å². The molecule has 1 saturated heterocycles. The average molecular weight is 204 g/mol. The van der Waals surface area contributed by atoms with E-state index in [4.69, 9.17) is 0 Å². The fourth-order valence-electron chi connectivity index (χ4n) is 2.23. The van der Waals surface area contributed by atoms with Crippen molar-refractivity contribution in [1.82, 2.24) is 10.2 Å². The molecule has 0 spiro atoms. The summed E-state index contributed by atoms with van der Waals surface area (Å²) in [5.74, 6) is 0. The number of nitrogens with zero attached hydrogens (tertiary/aromatic N) is 1. The van der Waals surface area contributed by atoms with Crippen molar-refractivity contribution in [3.63, 3.8) is 0 Å². The fraction of sp³-hybridized carbons (Fsp3) is 0.538. The molecule has 1 aliphatic heterocycles. The number of hydrogen-bond acceptors (Lipinski definition) is 2. The van der Waals surface area contributed by atoms with Crippen LogP contribution in [0.3, 0.4) is 0 Å². The van der Waals surface area contributed by atoms with Crippen LogP contribution >= 0.6 is 0 Å². The summed E-state index contributed by atoms with van der Waals surface area (Å²) in [6.07, 6.45) is 1.24. The summed E-state index contributed by atoms with van der Waals surface area (Å²) in [6, 6.07) is 11.5. The molecule has 2 heteroatoms. The highest BCUT2D eigenvalue weighted by Crippen LogP contribution is 2.12. The molecule has 15 heavy (non-hydrogen) atoms. The van der Waals surface area contributed by atoms with Gasteiger partial charge < -0.3 is 5.32 Å². The van der Waals surface area contributed by atoms with Gasteiger partial charge in [-0.1, -0.05) is 37.3 Å². The molecule has 0 aromatic heterocycles. The molecule has 1 unspecified atom stereocenters. The van der Waals surface area contributed by atoms with Crippen molar-refractivity contribution in [3.8, 4) is 0 Å². The Kier molecular flexibility index (Phi) is 3.75. The highest BCUT2D eigenvalue weighted by Gasteiger charge is 2.19. The summed E-state index contributed by atoms with van der Waals surface area (Å²) in [5, 5.41) is 3.46. The standard InChI is InChI=1S/C13H20N2/c1-2-13-10-14-8-9-15(13)11-12-6-4-3-5-7-12/h3-7,13-14H,2,8-11H2,1H3. The molecular formula is C13H20N2. The Morgan fingerprint density at radius 3 is 2.87 bits per heavy atom. The maximum atomic E-state index is 3.46. The topological polar surface area (TPSA) is 15.3 Å². The third kappa shape index (κ3) is 2.80. The molecule has 1 aromatic rings. The van der Waals surface area contributed by atoms with Gasteiger partial charge in [-0.15, -0.1) is 0 Å². The lowest BCUT2D eigenvalue weighted by Gasteiger charge is -2.35. The predicted molar refractivity (Wildman–Crippen MR) is 63.8 cm³/mol. The van der Waals surface area contributed by atoms with E-state index < -0.39 is 0 Å². The number of rotatable bonds is 3. The largest absolute Gasteiger partial charge is 0.314 e. The van der Waals surface area contributed by atoms with Crippen molar-refractivity contribution in [2.75, 3.05) is 19.6 Å². The van der Waals surface area contributed by atoms with Gasteiger partial charge >= 0.3 is 0 Å². The maximum Gasteiger partial charge on any atom is 0.0237 e. The zero-order valence-corrected chi connectivity index (χ0v) is 9.45. The quantitative estimate of drug-likeness (QED) is 0.808. The second-order valence-electron chi connectivity index (χ2n) is 4.22. The molecule has 0 saturated carbocycles. The van der Waals surface area contributed by atoms with E-state index in [0.717, 1.165) is 19.6 Å². The number of piperazine rings is 1. The Morgan fingerprint density at radius 2 is 2.13 bits per heavy atom. The molecule has 1 atom stereocenters. The minimum atomic E-state index is 0.707. The summed E-state index contributed by atoms with van der Waals surface area (Å²) >= 11 is 0. The van der Waals surface area contributed by atoms with E-state index in [0.29, 0.717) is 6.04 Å². The van der Waals surface area contributed by atoms with Crippen molar-refractivity contribution < 1.29 is 0 Å². The third-order valence-corrected chi connectivity index (χ3v) is 3.17. The average Bonchev–Trinajstić information content (AvgIpc) is 2.31. The molecule has 0 bridgehead atoms. The number of nitrogens with one attached hydrogen (secondary N) is 1. The number of benzene rings is 1. The summed E-state index contributed by atoms with van der Waals surface area (Å²) < 4.78 is 0. The Balaban J connectivity index is 1.97. The molecular weight excluding hydrogens is 184 g/mol. The second-order valence-corrected chi connectivity index (χ2v) is 4.22. The van der Waals surface area contributed by atoms with E-state index in [-0.39, 0.29) is 0 Å². The van der Waals surface area contributed by atoms with Crippen LogP contribution in [-0.2, 0) is 6.54 Å². The third-order valence-electron chi connectivity index (χ3n) is 3.17. The summed E-state index contributed by atoms with van der Waals surface area (Å²) in [7, 11) is 0. The lowest BCUT2D eigenvalue weighted by molar-refractivity contribution is 0.149. The Bertz CT molecular complexity index is 284. The molecule has 2 rings (SSSR count). The highest BCUT2D eigenvalue weighted by molar-refractivity contribution is 5.14. The van der Waals surface area contributed by atoms with Gasteiger partial charge in [0.15, 0.2) is 0 Å². The van der Waals surface area contributed by atoms with E-state index in [1.807, 2.05) is 0 Å². The van der Waals surface area contributed by atoms with Crippen LogP contribution in [0.2, 0.25) is 0 Å². The molecule has 2 nitrogen and oxygen atoms in total. The SMILES string of the molecule is CCC1CNCCN1Cc1ccccc1. The van der Waals surface area contributed by atoms with Gasteiger partial charge in [-0.2, -0.15) is 0 Å². The Labute approximate surface area is 92.3 Å². The van der Waals surface area contributed by atoms with Gasteiger partial charge in [-0.3, -0.25) is 4.90 Å². The van der Waals surface area contributed by atoms with Gasteiger partial charge in [0.25, 0.3) is 0 Å². The lowest BCUT2D eigenvalue weighted by atomic mass is 10.1. The minimum Gasteiger partial charge on any atom is -0.314 e. The van der Waals surface area contributed by atoms with Gasteiger partial charge in [-0.25, -0.2) is 0 Å². The van der Waals surface area contributed by atoms with Gasteiger partial charge in [0.1, 0.15) is 0 Å². The molecule has 1 aromatic carbocycles. The highest BCUT2D eigenvalue weighted by atomic mass is 15.2. The maximum absolute atomic E-state index is 3.46. The van der Waals surface area contributed by atoms with Crippen molar-refractivity contribution >= 4 is 0 Å². The zero-order chi connectivity index (χ0) is 10.5. The molecule has 1 fully saturated rings. The Hall–Kier alpha value is -0.860. The van der Waals surface area contributed by atoms with Gasteiger partial charge in [0.2, 0.25) is 0 Å². The van der Waals surface area contributed by atoms with Crippen LogP contribution in [0.1, 0.15) is 18.9 Å². The Morgan fingerprint density at radius 1 is 1.33 bits per heavy atom.